The predicted octanol–water partition coefficient (Wildman–Crippen LogP) is 6.05. The van der Waals surface area contributed by atoms with Crippen molar-refractivity contribution in [1.82, 2.24) is 4.72 Å². The number of allylic oxidation sites excluding steroid dienone is 2. The van der Waals surface area contributed by atoms with Gasteiger partial charge in [-0.1, -0.05) is 60.3 Å². The molecule has 0 aliphatic carbocycles. The molecule has 0 saturated heterocycles. The standard InChI is InChI=1S/C20H14N2S2/c1-2-7-15-14(6-1)11-12-17-20(15)24-18-9-4-3-8-16(18)22(17)19-10-5-13-23-21-19/h1-13,21H. The molecule has 0 bridgehead atoms. The lowest BCUT2D eigenvalue weighted by molar-refractivity contribution is 1.02. The molecule has 116 valence electrons. The minimum Gasteiger partial charge on any atom is -0.312 e. The monoisotopic (exact) mass is 346 g/mol. The van der Waals surface area contributed by atoms with Crippen LogP contribution in [0.15, 0.2) is 93.8 Å². The summed E-state index contributed by atoms with van der Waals surface area (Å²) in [7, 11) is 0. The van der Waals surface area contributed by atoms with Crippen LogP contribution in [0.4, 0.5) is 11.4 Å². The van der Waals surface area contributed by atoms with E-state index in [0.29, 0.717) is 0 Å². The van der Waals surface area contributed by atoms with Crippen molar-refractivity contribution in [3.8, 4) is 0 Å². The Morgan fingerprint density at radius 1 is 0.833 bits per heavy atom. The molecule has 0 radical (unpaired) electrons. The molecule has 2 aliphatic rings. The van der Waals surface area contributed by atoms with Gasteiger partial charge >= 0.3 is 0 Å². The van der Waals surface area contributed by atoms with Crippen LogP contribution in [0.25, 0.3) is 10.8 Å². The second kappa shape index (κ2) is 5.65. The highest BCUT2D eigenvalue weighted by Crippen LogP contribution is 2.52. The zero-order chi connectivity index (χ0) is 15.9. The fraction of sp³-hybridized carbons (Fsp3) is 0. The van der Waals surface area contributed by atoms with Crippen molar-refractivity contribution in [3.63, 3.8) is 0 Å². The lowest BCUT2D eigenvalue weighted by atomic mass is 10.1. The molecule has 0 amide bonds. The summed E-state index contributed by atoms with van der Waals surface area (Å²) < 4.78 is 3.43. The largest absolute Gasteiger partial charge is 0.312 e. The van der Waals surface area contributed by atoms with Gasteiger partial charge in [0, 0.05) is 9.79 Å². The Hall–Kier alpha value is -2.30. The molecule has 0 spiro atoms. The lowest BCUT2D eigenvalue weighted by Gasteiger charge is -2.35. The van der Waals surface area contributed by atoms with Gasteiger partial charge in [-0.15, -0.1) is 0 Å². The summed E-state index contributed by atoms with van der Waals surface area (Å²) in [6, 6.07) is 21.6. The summed E-state index contributed by atoms with van der Waals surface area (Å²) in [6.45, 7) is 0. The normalized spacial score (nSPS) is 15.5. The zero-order valence-corrected chi connectivity index (χ0v) is 14.4. The molecule has 3 aromatic carbocycles. The van der Waals surface area contributed by atoms with Crippen molar-refractivity contribution in [1.29, 1.82) is 0 Å². The Labute approximate surface area is 149 Å². The molecule has 3 aromatic rings. The molecule has 4 heteroatoms. The molecule has 2 heterocycles. The number of anilines is 2. The molecule has 1 N–H and O–H groups in total. The third-order valence-corrected chi connectivity index (χ3v) is 6.04. The molecule has 24 heavy (non-hydrogen) atoms. The molecule has 2 aliphatic heterocycles. The summed E-state index contributed by atoms with van der Waals surface area (Å²) in [4.78, 5) is 4.92. The van der Waals surface area contributed by atoms with Gasteiger partial charge in [0.05, 0.1) is 11.4 Å². The van der Waals surface area contributed by atoms with E-state index in [1.165, 1.54) is 31.9 Å². The van der Waals surface area contributed by atoms with Crippen molar-refractivity contribution < 1.29 is 0 Å². The molecule has 0 fully saturated rings. The van der Waals surface area contributed by atoms with Crippen LogP contribution in [0.5, 0.6) is 0 Å². The van der Waals surface area contributed by atoms with Crippen LogP contribution in [0.3, 0.4) is 0 Å². The fourth-order valence-corrected chi connectivity index (χ4v) is 4.86. The van der Waals surface area contributed by atoms with E-state index in [1.54, 1.807) is 11.9 Å². The first kappa shape index (κ1) is 14.1. The van der Waals surface area contributed by atoms with Gasteiger partial charge in [0.1, 0.15) is 5.82 Å². The number of fused-ring (bicyclic) bond motifs is 4. The maximum absolute atomic E-state index is 3.43. The van der Waals surface area contributed by atoms with Crippen molar-refractivity contribution in [2.24, 2.45) is 0 Å². The van der Waals surface area contributed by atoms with Gasteiger partial charge in [-0.25, -0.2) is 0 Å². The molecule has 0 saturated carbocycles. The van der Waals surface area contributed by atoms with E-state index < -0.39 is 0 Å². The minimum absolute atomic E-state index is 1.09. The number of hydrogen-bond acceptors (Lipinski definition) is 4. The van der Waals surface area contributed by atoms with E-state index in [2.05, 4.69) is 87.8 Å². The Kier molecular flexibility index (Phi) is 3.32. The van der Waals surface area contributed by atoms with E-state index in [9.17, 15) is 0 Å². The van der Waals surface area contributed by atoms with Crippen LogP contribution in [0.2, 0.25) is 0 Å². The van der Waals surface area contributed by atoms with Crippen LogP contribution in [-0.2, 0) is 0 Å². The van der Waals surface area contributed by atoms with Gasteiger partial charge in [-0.05, 0) is 52.4 Å². The second-order valence-corrected chi connectivity index (χ2v) is 7.40. The second-order valence-electron chi connectivity index (χ2n) is 5.64. The van der Waals surface area contributed by atoms with E-state index in [4.69, 9.17) is 0 Å². The highest BCUT2D eigenvalue weighted by molar-refractivity contribution is 8.00. The summed E-state index contributed by atoms with van der Waals surface area (Å²) in [5.74, 6) is 1.09. The number of rotatable bonds is 1. The summed E-state index contributed by atoms with van der Waals surface area (Å²) in [5, 5.41) is 4.64. The number of para-hydroxylation sites is 1. The van der Waals surface area contributed by atoms with Gasteiger partial charge in [0.2, 0.25) is 0 Å². The first-order chi connectivity index (χ1) is 11.9. The highest BCUT2D eigenvalue weighted by atomic mass is 32.2. The van der Waals surface area contributed by atoms with E-state index in [-0.39, 0.29) is 0 Å². The van der Waals surface area contributed by atoms with Gasteiger partial charge < -0.3 is 4.72 Å². The molecule has 0 aromatic heterocycles. The number of nitrogens with one attached hydrogen (secondary N) is 1. The number of benzene rings is 3. The van der Waals surface area contributed by atoms with Crippen LogP contribution >= 0.6 is 23.7 Å². The van der Waals surface area contributed by atoms with Gasteiger partial charge in [0.15, 0.2) is 0 Å². The summed E-state index contributed by atoms with van der Waals surface area (Å²) in [5.41, 5.74) is 2.45. The maximum Gasteiger partial charge on any atom is 0.121 e. The Morgan fingerprint density at radius 3 is 2.62 bits per heavy atom. The quantitative estimate of drug-likeness (QED) is 0.539. The third kappa shape index (κ3) is 2.14. The van der Waals surface area contributed by atoms with Crippen LogP contribution < -0.4 is 9.62 Å². The summed E-state index contributed by atoms with van der Waals surface area (Å²) in [6.07, 6.45) is 4.21. The van der Waals surface area contributed by atoms with E-state index in [0.717, 1.165) is 5.82 Å². The van der Waals surface area contributed by atoms with Crippen LogP contribution in [-0.4, -0.2) is 0 Å². The van der Waals surface area contributed by atoms with Gasteiger partial charge in [0.25, 0.3) is 0 Å². The number of nitrogens with zero attached hydrogens (tertiary/aromatic N) is 1. The fourth-order valence-electron chi connectivity index (χ4n) is 3.16. The zero-order valence-electron chi connectivity index (χ0n) is 12.8. The Bertz CT molecular complexity index is 1010. The van der Waals surface area contributed by atoms with Crippen molar-refractivity contribution in [2.45, 2.75) is 9.79 Å². The number of hydrogen-bond donors (Lipinski definition) is 1. The molecular weight excluding hydrogens is 332 g/mol. The van der Waals surface area contributed by atoms with Crippen LogP contribution in [0.1, 0.15) is 0 Å². The predicted molar refractivity (Wildman–Crippen MR) is 105 cm³/mol. The third-order valence-electron chi connectivity index (χ3n) is 4.22. The topological polar surface area (TPSA) is 15.3 Å². The highest BCUT2D eigenvalue weighted by Gasteiger charge is 2.27. The average molecular weight is 346 g/mol. The Balaban J connectivity index is 1.80. The van der Waals surface area contributed by atoms with Crippen molar-refractivity contribution in [3.05, 3.63) is 84.0 Å². The van der Waals surface area contributed by atoms with Gasteiger partial charge in [-0.2, -0.15) is 0 Å². The summed E-state index contributed by atoms with van der Waals surface area (Å²) >= 11 is 3.46. The van der Waals surface area contributed by atoms with Crippen LogP contribution in [0, 0.1) is 0 Å². The first-order valence-corrected chi connectivity index (χ1v) is 9.49. The smallest absolute Gasteiger partial charge is 0.121 e. The maximum atomic E-state index is 3.43. The molecule has 0 unspecified atom stereocenters. The average Bonchev–Trinajstić information content (AvgIpc) is 2.67. The first-order valence-electron chi connectivity index (χ1n) is 7.79. The van der Waals surface area contributed by atoms with Crippen molar-refractivity contribution >= 4 is 45.9 Å². The SMILES string of the molecule is C1=CSNC(N2c3ccccc3Sc3c2ccc2ccccc32)=C1. The molecule has 2 nitrogen and oxygen atoms in total. The van der Waals surface area contributed by atoms with E-state index in [1.807, 2.05) is 11.8 Å². The lowest BCUT2D eigenvalue weighted by Crippen LogP contribution is -2.27. The molecule has 5 rings (SSSR count). The minimum atomic E-state index is 1.09. The van der Waals surface area contributed by atoms with E-state index >= 15 is 0 Å². The van der Waals surface area contributed by atoms with Crippen molar-refractivity contribution in [2.75, 3.05) is 4.90 Å². The molecular formula is C20H14N2S2. The Morgan fingerprint density at radius 2 is 1.71 bits per heavy atom. The molecule has 0 atom stereocenters. The van der Waals surface area contributed by atoms with Gasteiger partial charge in [-0.3, -0.25) is 4.90 Å².